The molecule has 2 N–H and O–H groups in total. The number of imide groups is 1. The lowest BCUT2D eigenvalue weighted by atomic mass is 10.1. The van der Waals surface area contributed by atoms with E-state index < -0.39 is 0 Å². The van der Waals surface area contributed by atoms with Crippen molar-refractivity contribution in [3.05, 3.63) is 35.4 Å². The molecular formula is C17H20N6O3. The first kappa shape index (κ1) is 17.7. The molecule has 9 heteroatoms. The number of anilines is 1. The molecule has 0 aliphatic carbocycles. The molecule has 0 atom stereocenters. The summed E-state index contributed by atoms with van der Waals surface area (Å²) >= 11 is 0. The van der Waals surface area contributed by atoms with Crippen LogP contribution in [0.4, 0.5) is 5.95 Å². The van der Waals surface area contributed by atoms with Crippen LogP contribution < -0.4 is 5.32 Å². The molecule has 0 radical (unpaired) electrons. The molecule has 2 aromatic rings. The first-order chi connectivity index (χ1) is 12.5. The van der Waals surface area contributed by atoms with Gasteiger partial charge in [0.05, 0.1) is 11.1 Å². The third-order valence-corrected chi connectivity index (χ3v) is 3.94. The number of hydrogen-bond acceptors (Lipinski definition) is 6. The third-order valence-electron chi connectivity index (χ3n) is 3.94. The smallest absolute Gasteiger partial charge is 0.263 e. The highest BCUT2D eigenvalue weighted by molar-refractivity contribution is 6.21. The molecule has 3 rings (SSSR count). The van der Waals surface area contributed by atoms with Crippen molar-refractivity contribution >= 4 is 23.7 Å². The molecule has 0 spiro atoms. The van der Waals surface area contributed by atoms with E-state index >= 15 is 0 Å². The van der Waals surface area contributed by atoms with E-state index in [9.17, 15) is 14.4 Å². The maximum Gasteiger partial charge on any atom is 0.263 e. The van der Waals surface area contributed by atoms with Gasteiger partial charge in [-0.15, -0.1) is 5.10 Å². The number of H-pyrrole nitrogens is 1. The van der Waals surface area contributed by atoms with Crippen molar-refractivity contribution < 1.29 is 14.4 Å². The molecule has 0 saturated heterocycles. The van der Waals surface area contributed by atoms with Crippen LogP contribution in [0.25, 0.3) is 0 Å². The van der Waals surface area contributed by atoms with Crippen LogP contribution in [0.2, 0.25) is 0 Å². The Labute approximate surface area is 150 Å². The van der Waals surface area contributed by atoms with Crippen molar-refractivity contribution in [2.24, 2.45) is 5.92 Å². The van der Waals surface area contributed by atoms with Gasteiger partial charge in [-0.3, -0.25) is 34.7 Å². The number of hydrogen-bond donors (Lipinski definition) is 2. The summed E-state index contributed by atoms with van der Waals surface area (Å²) in [5.74, 6) is 0.401. The quantitative estimate of drug-likeness (QED) is 0.724. The maximum atomic E-state index is 12.2. The zero-order chi connectivity index (χ0) is 18.7. The summed E-state index contributed by atoms with van der Waals surface area (Å²) in [5.41, 5.74) is 0.660. The molecule has 1 aliphatic rings. The minimum Gasteiger partial charge on any atom is -0.293 e. The fraction of sp³-hybridized carbons (Fsp3) is 0.412. The Kier molecular flexibility index (Phi) is 5.06. The van der Waals surface area contributed by atoms with Crippen molar-refractivity contribution in [3.8, 4) is 0 Å². The third kappa shape index (κ3) is 3.76. The van der Waals surface area contributed by atoms with E-state index in [1.54, 1.807) is 0 Å². The number of nitrogens with one attached hydrogen (secondary N) is 2. The van der Waals surface area contributed by atoms with Crippen LogP contribution in [0, 0.1) is 5.92 Å². The topological polar surface area (TPSA) is 121 Å². The molecule has 0 fully saturated rings. The Balaban J connectivity index is 1.48. The monoisotopic (exact) mass is 356 g/mol. The van der Waals surface area contributed by atoms with Gasteiger partial charge in [0.25, 0.3) is 11.8 Å². The second kappa shape index (κ2) is 7.42. The molecule has 9 nitrogen and oxygen atoms in total. The zero-order valence-electron chi connectivity index (χ0n) is 14.7. The zero-order valence-corrected chi connectivity index (χ0v) is 14.7. The summed E-state index contributed by atoms with van der Waals surface area (Å²) in [6.45, 7) is 4.30. The van der Waals surface area contributed by atoms with Gasteiger partial charge in [0, 0.05) is 31.8 Å². The van der Waals surface area contributed by atoms with Gasteiger partial charge in [-0.05, 0) is 18.4 Å². The Morgan fingerprint density at radius 2 is 2.04 bits per heavy atom. The van der Waals surface area contributed by atoms with Crippen molar-refractivity contribution in [2.45, 2.75) is 33.1 Å². The van der Waals surface area contributed by atoms with Crippen LogP contribution in [0.3, 0.4) is 0 Å². The van der Waals surface area contributed by atoms with Gasteiger partial charge in [-0.2, -0.15) is 4.98 Å². The number of amides is 3. The molecule has 0 unspecified atom stereocenters. The lowest BCUT2D eigenvalue weighted by Crippen LogP contribution is -2.31. The first-order valence-electron chi connectivity index (χ1n) is 8.47. The van der Waals surface area contributed by atoms with Gasteiger partial charge in [0.2, 0.25) is 11.9 Å². The van der Waals surface area contributed by atoms with Crippen molar-refractivity contribution in [1.29, 1.82) is 0 Å². The van der Waals surface area contributed by atoms with Crippen LogP contribution in [-0.2, 0) is 11.2 Å². The van der Waals surface area contributed by atoms with E-state index in [1.807, 2.05) is 0 Å². The number of rotatable bonds is 7. The molecule has 0 bridgehead atoms. The summed E-state index contributed by atoms with van der Waals surface area (Å²) in [6.07, 6.45) is 4.12. The molecule has 3 heterocycles. The van der Waals surface area contributed by atoms with Crippen LogP contribution >= 0.6 is 0 Å². The molecule has 136 valence electrons. The second-order valence-corrected chi connectivity index (χ2v) is 6.54. The lowest BCUT2D eigenvalue weighted by molar-refractivity contribution is -0.116. The highest BCUT2D eigenvalue weighted by Gasteiger charge is 2.35. The average Bonchev–Trinajstić information content (AvgIpc) is 3.12. The summed E-state index contributed by atoms with van der Waals surface area (Å²) in [4.78, 5) is 45.6. The molecule has 1 aliphatic heterocycles. The largest absolute Gasteiger partial charge is 0.293 e. The van der Waals surface area contributed by atoms with E-state index in [0.29, 0.717) is 23.5 Å². The Bertz CT molecular complexity index is 810. The van der Waals surface area contributed by atoms with E-state index in [1.165, 1.54) is 18.5 Å². The second-order valence-electron chi connectivity index (χ2n) is 6.54. The predicted molar refractivity (Wildman–Crippen MR) is 92.4 cm³/mol. The Morgan fingerprint density at radius 3 is 2.77 bits per heavy atom. The van der Waals surface area contributed by atoms with Crippen molar-refractivity contribution in [3.63, 3.8) is 0 Å². The number of aromatic amines is 1. The molecule has 26 heavy (non-hydrogen) atoms. The summed E-state index contributed by atoms with van der Waals surface area (Å²) in [5, 5.41) is 9.35. The molecule has 0 aromatic carbocycles. The van der Waals surface area contributed by atoms with Gasteiger partial charge in [0.1, 0.15) is 5.82 Å². The standard InChI is InChI=1S/C17H20N6O3/c1-10(2)8-13-19-17(22-21-13)20-14(24)4-3-7-23-15(25)11-5-6-18-9-12(11)16(23)26/h5-6,9-10H,3-4,7-8H2,1-2H3,(H2,19,20,21,22,24). The minimum atomic E-state index is -0.370. The van der Waals surface area contributed by atoms with E-state index in [0.717, 1.165) is 17.1 Å². The van der Waals surface area contributed by atoms with Gasteiger partial charge < -0.3 is 0 Å². The fourth-order valence-corrected chi connectivity index (χ4v) is 2.75. The van der Waals surface area contributed by atoms with E-state index in [4.69, 9.17) is 0 Å². The summed E-state index contributed by atoms with van der Waals surface area (Å²) in [6, 6.07) is 1.53. The van der Waals surface area contributed by atoms with E-state index in [-0.39, 0.29) is 36.6 Å². The van der Waals surface area contributed by atoms with Crippen molar-refractivity contribution in [1.82, 2.24) is 25.1 Å². The normalized spacial score (nSPS) is 13.4. The highest BCUT2D eigenvalue weighted by atomic mass is 16.2. The lowest BCUT2D eigenvalue weighted by Gasteiger charge is -2.12. The molecule has 0 saturated carbocycles. The number of nitrogens with zero attached hydrogens (tertiary/aromatic N) is 4. The molecular weight excluding hydrogens is 336 g/mol. The first-order valence-corrected chi connectivity index (χ1v) is 8.47. The van der Waals surface area contributed by atoms with Gasteiger partial charge in [-0.25, -0.2) is 0 Å². The number of carbonyl (C=O) groups excluding carboxylic acids is 3. The van der Waals surface area contributed by atoms with Crippen LogP contribution in [0.1, 0.15) is 53.2 Å². The van der Waals surface area contributed by atoms with Gasteiger partial charge >= 0.3 is 0 Å². The fourth-order valence-electron chi connectivity index (χ4n) is 2.75. The Hall–Kier alpha value is -3.10. The van der Waals surface area contributed by atoms with Crippen LogP contribution in [0.5, 0.6) is 0 Å². The number of aromatic nitrogens is 4. The Morgan fingerprint density at radius 1 is 1.27 bits per heavy atom. The van der Waals surface area contributed by atoms with Crippen LogP contribution in [0.15, 0.2) is 18.5 Å². The van der Waals surface area contributed by atoms with Gasteiger partial charge in [0.15, 0.2) is 0 Å². The van der Waals surface area contributed by atoms with Gasteiger partial charge in [-0.1, -0.05) is 13.8 Å². The highest BCUT2D eigenvalue weighted by Crippen LogP contribution is 2.21. The number of fused-ring (bicyclic) bond motifs is 1. The molecule has 3 amide bonds. The number of carbonyl (C=O) groups is 3. The SMILES string of the molecule is CC(C)Cc1nc(NC(=O)CCCN2C(=O)c3ccncc3C2=O)n[nH]1. The van der Waals surface area contributed by atoms with Crippen molar-refractivity contribution in [2.75, 3.05) is 11.9 Å². The minimum absolute atomic E-state index is 0.152. The number of pyridine rings is 1. The summed E-state index contributed by atoms with van der Waals surface area (Å²) in [7, 11) is 0. The maximum absolute atomic E-state index is 12.2. The van der Waals surface area contributed by atoms with E-state index in [2.05, 4.69) is 39.3 Å². The average molecular weight is 356 g/mol. The van der Waals surface area contributed by atoms with Crippen LogP contribution in [-0.4, -0.2) is 49.3 Å². The predicted octanol–water partition coefficient (Wildman–Crippen LogP) is 1.41. The summed E-state index contributed by atoms with van der Waals surface area (Å²) < 4.78 is 0. The molecule has 2 aromatic heterocycles.